The third-order valence-corrected chi connectivity index (χ3v) is 5.71. The highest BCUT2D eigenvalue weighted by atomic mass is 32.2. The second kappa shape index (κ2) is 8.08. The van der Waals surface area contributed by atoms with Gasteiger partial charge in [-0.3, -0.25) is 0 Å². The molecule has 0 radical (unpaired) electrons. The first-order valence-electron chi connectivity index (χ1n) is 6.88. The summed E-state index contributed by atoms with van der Waals surface area (Å²) in [6.07, 6.45) is 0.821. The Morgan fingerprint density at radius 2 is 1.96 bits per heavy atom. The molecule has 0 amide bonds. The number of aromatic nitrogens is 1. The van der Waals surface area contributed by atoms with Crippen LogP contribution in [0.25, 0.3) is 0 Å². The minimum Gasteiger partial charge on any atom is -0.471 e. The van der Waals surface area contributed by atoms with Crippen molar-refractivity contribution < 1.29 is 45.0 Å². The Bertz CT molecular complexity index is 961. The van der Waals surface area contributed by atoms with Gasteiger partial charge in [-0.05, 0) is 23.7 Å². The molecule has 0 aliphatic carbocycles. The molecule has 0 saturated carbocycles. The maximum Gasteiger partial charge on any atom is 0.387 e. The predicted octanol–water partition coefficient (Wildman–Crippen LogP) is 2.79. The second-order valence-electron chi connectivity index (χ2n) is 4.92. The van der Waals surface area contributed by atoms with Gasteiger partial charge in [0.1, 0.15) is 12.4 Å². The average molecular weight is 429 g/mol. The number of hydrogen-bond acceptors (Lipinski definition) is 8. The molecule has 148 valence electrons. The maximum absolute atomic E-state index is 14.1. The normalized spacial score (nSPS) is 11.5. The molecule has 7 nitrogen and oxygen atoms in total. The van der Waals surface area contributed by atoms with E-state index in [4.69, 9.17) is 4.74 Å². The predicted molar refractivity (Wildman–Crippen MR) is 83.9 cm³/mol. The number of esters is 1. The summed E-state index contributed by atoms with van der Waals surface area (Å²) >= 11 is 0.407. The van der Waals surface area contributed by atoms with Crippen molar-refractivity contribution in [3.8, 4) is 11.6 Å². The second-order valence-corrected chi connectivity index (χ2v) is 7.90. The SMILES string of the molecule is COC(=O)c1c(OCc2c(F)ccc(OC(F)F)c2F)nsc1S(C)(=O)=O. The van der Waals surface area contributed by atoms with Gasteiger partial charge in [0.25, 0.3) is 0 Å². The molecule has 0 bridgehead atoms. The molecule has 13 heteroatoms. The highest BCUT2D eigenvalue weighted by molar-refractivity contribution is 7.92. The van der Waals surface area contributed by atoms with Gasteiger partial charge in [0.15, 0.2) is 31.2 Å². The highest BCUT2D eigenvalue weighted by Gasteiger charge is 2.29. The first-order chi connectivity index (χ1) is 12.6. The van der Waals surface area contributed by atoms with Crippen LogP contribution in [0.1, 0.15) is 15.9 Å². The van der Waals surface area contributed by atoms with Crippen molar-refractivity contribution in [1.29, 1.82) is 0 Å². The van der Waals surface area contributed by atoms with Gasteiger partial charge >= 0.3 is 12.6 Å². The van der Waals surface area contributed by atoms with Crippen molar-refractivity contribution in [3.63, 3.8) is 0 Å². The number of hydrogen-bond donors (Lipinski definition) is 0. The first kappa shape index (κ1) is 20.9. The number of halogens is 4. The number of carbonyl (C=O) groups excluding carboxylic acids is 1. The fourth-order valence-corrected chi connectivity index (χ4v) is 3.69. The van der Waals surface area contributed by atoms with Gasteiger partial charge in [-0.1, -0.05) is 0 Å². The topological polar surface area (TPSA) is 91.8 Å². The smallest absolute Gasteiger partial charge is 0.387 e. The lowest BCUT2D eigenvalue weighted by atomic mass is 10.2. The van der Waals surface area contributed by atoms with Crippen LogP contribution in [0.2, 0.25) is 0 Å². The Hall–Kier alpha value is -2.41. The van der Waals surface area contributed by atoms with Gasteiger partial charge < -0.3 is 14.2 Å². The van der Waals surface area contributed by atoms with Crippen molar-refractivity contribution in [3.05, 3.63) is 34.9 Å². The zero-order valence-electron chi connectivity index (χ0n) is 13.7. The number of benzene rings is 1. The number of rotatable bonds is 7. The lowest BCUT2D eigenvalue weighted by Crippen LogP contribution is -2.11. The van der Waals surface area contributed by atoms with Crippen molar-refractivity contribution >= 4 is 27.3 Å². The summed E-state index contributed by atoms with van der Waals surface area (Å²) in [4.78, 5) is 11.8. The van der Waals surface area contributed by atoms with Crippen LogP contribution in [0, 0.1) is 11.6 Å². The number of nitrogens with zero attached hydrogens (tertiary/aromatic N) is 1. The summed E-state index contributed by atoms with van der Waals surface area (Å²) in [6, 6.07) is 1.36. The zero-order valence-corrected chi connectivity index (χ0v) is 15.3. The summed E-state index contributed by atoms with van der Waals surface area (Å²) in [5.41, 5.74) is -1.32. The maximum atomic E-state index is 14.1. The van der Waals surface area contributed by atoms with Crippen molar-refractivity contribution in [2.45, 2.75) is 17.4 Å². The number of ether oxygens (including phenoxy) is 3. The Balaban J connectivity index is 2.38. The highest BCUT2D eigenvalue weighted by Crippen LogP contribution is 2.32. The van der Waals surface area contributed by atoms with Crippen LogP contribution >= 0.6 is 11.5 Å². The lowest BCUT2D eigenvalue weighted by molar-refractivity contribution is -0.0524. The van der Waals surface area contributed by atoms with Gasteiger partial charge in [0, 0.05) is 6.26 Å². The van der Waals surface area contributed by atoms with Gasteiger partial charge in [0.05, 0.1) is 12.7 Å². The molecule has 0 aliphatic rings. The number of sulfone groups is 1. The molecule has 2 rings (SSSR count). The third-order valence-electron chi connectivity index (χ3n) is 3.08. The molecule has 0 saturated heterocycles. The van der Waals surface area contributed by atoms with Gasteiger partial charge in [0.2, 0.25) is 5.88 Å². The Morgan fingerprint density at radius 1 is 1.30 bits per heavy atom. The van der Waals surface area contributed by atoms with Crippen LogP contribution in [0.3, 0.4) is 0 Å². The first-order valence-corrected chi connectivity index (χ1v) is 9.55. The fourth-order valence-electron chi connectivity index (χ4n) is 1.92. The molecular weight excluding hydrogens is 418 g/mol. The zero-order chi connectivity index (χ0) is 20.4. The molecule has 0 fully saturated rings. The largest absolute Gasteiger partial charge is 0.471 e. The van der Waals surface area contributed by atoms with Crippen LogP contribution < -0.4 is 9.47 Å². The molecule has 0 unspecified atom stereocenters. The summed E-state index contributed by atoms with van der Waals surface area (Å²) in [7, 11) is -2.88. The monoisotopic (exact) mass is 429 g/mol. The van der Waals surface area contributed by atoms with Crippen LogP contribution in [-0.4, -0.2) is 38.7 Å². The van der Waals surface area contributed by atoms with E-state index in [2.05, 4.69) is 13.8 Å². The van der Waals surface area contributed by atoms with Crippen molar-refractivity contribution in [2.75, 3.05) is 13.4 Å². The van der Waals surface area contributed by atoms with E-state index in [-0.39, 0.29) is 0 Å². The number of carbonyl (C=O) groups is 1. The Morgan fingerprint density at radius 3 is 2.52 bits per heavy atom. The van der Waals surface area contributed by atoms with Crippen LogP contribution in [-0.2, 0) is 21.2 Å². The summed E-state index contributed by atoms with van der Waals surface area (Å²) in [5, 5.41) is 0. The molecule has 27 heavy (non-hydrogen) atoms. The third kappa shape index (κ3) is 4.66. The van der Waals surface area contributed by atoms with Crippen LogP contribution in [0.15, 0.2) is 16.3 Å². The van der Waals surface area contributed by atoms with E-state index in [1.165, 1.54) is 0 Å². The van der Waals surface area contributed by atoms with E-state index in [9.17, 15) is 30.8 Å². The van der Waals surface area contributed by atoms with Gasteiger partial charge in [-0.15, -0.1) is 0 Å². The molecule has 0 N–H and O–H groups in total. The molecule has 0 spiro atoms. The number of alkyl halides is 2. The molecule has 0 aliphatic heterocycles. The van der Waals surface area contributed by atoms with Gasteiger partial charge in [-0.2, -0.15) is 13.2 Å². The molecule has 1 aromatic carbocycles. The van der Waals surface area contributed by atoms with Gasteiger partial charge in [-0.25, -0.2) is 22.0 Å². The summed E-state index contributed by atoms with van der Waals surface area (Å²) in [6.45, 7) is -4.21. The minimum atomic E-state index is -3.86. The summed E-state index contributed by atoms with van der Waals surface area (Å²) in [5.74, 6) is -5.10. The molecular formula is C14H11F4NO6S2. The van der Waals surface area contributed by atoms with Crippen molar-refractivity contribution in [1.82, 2.24) is 4.37 Å². The van der Waals surface area contributed by atoms with E-state index in [1.54, 1.807) is 0 Å². The van der Waals surface area contributed by atoms with E-state index in [0.717, 1.165) is 13.4 Å². The molecule has 1 heterocycles. The quantitative estimate of drug-likeness (QED) is 0.494. The Kier molecular flexibility index (Phi) is 6.26. The Labute approximate surface area is 154 Å². The summed E-state index contributed by atoms with van der Waals surface area (Å²) < 4.78 is 92.5. The number of methoxy groups -OCH3 is 1. The van der Waals surface area contributed by atoms with Crippen molar-refractivity contribution in [2.24, 2.45) is 0 Å². The van der Waals surface area contributed by atoms with Crippen LogP contribution in [0.4, 0.5) is 17.6 Å². The van der Waals surface area contributed by atoms with E-state index in [0.29, 0.717) is 23.7 Å². The van der Waals surface area contributed by atoms with E-state index < -0.39 is 67.6 Å². The standard InChI is InChI=1S/C14H11F4NO6S2/c1-23-12(20)9-11(19-26-13(9)27(2,21)22)24-5-6-7(15)3-4-8(10(6)16)25-14(17)18/h3-4,14H,5H2,1-2H3. The molecule has 2 aromatic rings. The van der Waals surface area contributed by atoms with E-state index in [1.807, 2.05) is 0 Å². The lowest BCUT2D eigenvalue weighted by Gasteiger charge is -2.11. The van der Waals surface area contributed by atoms with Crippen LogP contribution in [0.5, 0.6) is 11.6 Å². The fraction of sp³-hybridized carbons (Fsp3) is 0.286. The molecule has 1 aromatic heterocycles. The minimum absolute atomic E-state index is 0.407. The van der Waals surface area contributed by atoms with E-state index >= 15 is 0 Å². The average Bonchev–Trinajstić information content (AvgIpc) is 3.00. The molecule has 0 atom stereocenters.